The van der Waals surface area contributed by atoms with Crippen LogP contribution in [-0.4, -0.2) is 35.1 Å². The van der Waals surface area contributed by atoms with Crippen LogP contribution in [0.2, 0.25) is 5.02 Å². The lowest BCUT2D eigenvalue weighted by atomic mass is 9.99. The van der Waals surface area contributed by atoms with E-state index in [0.29, 0.717) is 24.4 Å². The highest BCUT2D eigenvalue weighted by Crippen LogP contribution is 2.21. The predicted octanol–water partition coefficient (Wildman–Crippen LogP) is 2.81. The van der Waals surface area contributed by atoms with Gasteiger partial charge >= 0.3 is 12.0 Å². The summed E-state index contributed by atoms with van der Waals surface area (Å²) in [7, 11) is 0. The number of carbonyl (C=O) groups is 2. The number of carbonyl (C=O) groups excluding carboxylic acids is 1. The number of aliphatic carboxylic acids is 1. The topological polar surface area (TPSA) is 69.6 Å². The van der Waals surface area contributed by atoms with Crippen molar-refractivity contribution in [1.82, 2.24) is 4.90 Å². The fourth-order valence-electron chi connectivity index (χ4n) is 2.15. The first-order valence-corrected chi connectivity index (χ1v) is 6.59. The molecule has 1 heterocycles. The molecule has 0 spiro atoms. The Labute approximate surface area is 120 Å². The Balaban J connectivity index is 2.04. The van der Waals surface area contributed by atoms with E-state index in [0.717, 1.165) is 6.07 Å². The number of benzene rings is 1. The Morgan fingerprint density at radius 3 is 2.90 bits per heavy atom. The molecule has 2 N–H and O–H groups in total. The minimum atomic E-state index is -0.920. The van der Waals surface area contributed by atoms with E-state index in [2.05, 4.69) is 5.32 Å². The predicted molar refractivity (Wildman–Crippen MR) is 72.4 cm³/mol. The van der Waals surface area contributed by atoms with Crippen LogP contribution >= 0.6 is 11.6 Å². The molecule has 108 valence electrons. The number of carboxylic acid groups (broad SMARTS) is 1. The second-order valence-electron chi connectivity index (χ2n) is 4.68. The van der Waals surface area contributed by atoms with E-state index < -0.39 is 23.7 Å². The Hall–Kier alpha value is -1.82. The van der Waals surface area contributed by atoms with Crippen molar-refractivity contribution < 1.29 is 19.1 Å². The van der Waals surface area contributed by atoms with Crippen molar-refractivity contribution in [1.29, 1.82) is 0 Å². The van der Waals surface area contributed by atoms with E-state index in [-0.39, 0.29) is 12.2 Å². The molecule has 0 aliphatic carbocycles. The summed E-state index contributed by atoms with van der Waals surface area (Å²) in [6, 6.07) is 3.34. The van der Waals surface area contributed by atoms with Crippen molar-refractivity contribution in [2.24, 2.45) is 5.92 Å². The SMILES string of the molecule is O=C(O)C1CCCN(C(=O)Nc2cc(Cl)ccc2F)C1. The van der Waals surface area contributed by atoms with E-state index in [1.165, 1.54) is 17.0 Å². The number of anilines is 1. The number of likely N-dealkylation sites (tertiary alicyclic amines) is 1. The minimum absolute atomic E-state index is 0.0139. The number of urea groups is 1. The summed E-state index contributed by atoms with van der Waals surface area (Å²) in [5, 5.41) is 11.7. The fraction of sp³-hybridized carbons (Fsp3) is 0.385. The summed E-state index contributed by atoms with van der Waals surface area (Å²) in [5.74, 6) is -2.08. The molecule has 2 amide bonds. The van der Waals surface area contributed by atoms with Gasteiger partial charge in [-0.2, -0.15) is 0 Å². The van der Waals surface area contributed by atoms with Gasteiger partial charge in [0.15, 0.2) is 0 Å². The molecule has 1 saturated heterocycles. The monoisotopic (exact) mass is 300 g/mol. The summed E-state index contributed by atoms with van der Waals surface area (Å²) < 4.78 is 13.5. The number of amides is 2. The number of carboxylic acids is 1. The van der Waals surface area contributed by atoms with E-state index in [9.17, 15) is 14.0 Å². The van der Waals surface area contributed by atoms with Crippen molar-refractivity contribution in [3.8, 4) is 0 Å². The maximum absolute atomic E-state index is 13.5. The average molecular weight is 301 g/mol. The van der Waals surface area contributed by atoms with Crippen molar-refractivity contribution >= 4 is 29.3 Å². The molecule has 0 bridgehead atoms. The second-order valence-corrected chi connectivity index (χ2v) is 5.11. The van der Waals surface area contributed by atoms with Crippen molar-refractivity contribution in [3.05, 3.63) is 29.0 Å². The number of nitrogens with zero attached hydrogens (tertiary/aromatic N) is 1. The maximum atomic E-state index is 13.5. The highest BCUT2D eigenvalue weighted by Gasteiger charge is 2.28. The summed E-state index contributed by atoms with van der Waals surface area (Å²) in [6.45, 7) is 0.584. The number of nitrogens with one attached hydrogen (secondary N) is 1. The fourth-order valence-corrected chi connectivity index (χ4v) is 2.32. The third-order valence-corrected chi connectivity index (χ3v) is 3.46. The van der Waals surface area contributed by atoms with Crippen molar-refractivity contribution in [2.75, 3.05) is 18.4 Å². The Kier molecular flexibility index (Phi) is 4.44. The molecule has 1 aromatic carbocycles. The molecule has 20 heavy (non-hydrogen) atoms. The molecule has 2 rings (SSSR count). The first-order valence-electron chi connectivity index (χ1n) is 6.21. The van der Waals surface area contributed by atoms with Gasteiger partial charge in [0.2, 0.25) is 0 Å². The zero-order chi connectivity index (χ0) is 14.7. The van der Waals surface area contributed by atoms with Gasteiger partial charge in [-0.1, -0.05) is 11.6 Å². The van der Waals surface area contributed by atoms with Crippen LogP contribution in [0.4, 0.5) is 14.9 Å². The van der Waals surface area contributed by atoms with Gasteiger partial charge in [-0.15, -0.1) is 0 Å². The van der Waals surface area contributed by atoms with Gasteiger partial charge in [0.1, 0.15) is 5.82 Å². The molecule has 1 fully saturated rings. The molecule has 5 nitrogen and oxygen atoms in total. The largest absolute Gasteiger partial charge is 0.481 e. The molecule has 0 saturated carbocycles. The first kappa shape index (κ1) is 14.6. The number of hydrogen-bond acceptors (Lipinski definition) is 2. The normalized spacial score (nSPS) is 18.7. The summed E-state index contributed by atoms with van der Waals surface area (Å²) in [4.78, 5) is 24.3. The molecular weight excluding hydrogens is 287 g/mol. The Bertz CT molecular complexity index is 538. The standard InChI is InChI=1S/C13H14ClFN2O3/c14-9-3-4-10(15)11(6-9)16-13(20)17-5-1-2-8(7-17)12(18)19/h3-4,6,8H,1-2,5,7H2,(H,16,20)(H,18,19). The van der Waals surface area contributed by atoms with Gasteiger partial charge in [0.05, 0.1) is 11.6 Å². The molecule has 0 radical (unpaired) electrons. The smallest absolute Gasteiger partial charge is 0.321 e. The van der Waals surface area contributed by atoms with Crippen LogP contribution in [0.25, 0.3) is 0 Å². The zero-order valence-corrected chi connectivity index (χ0v) is 11.4. The molecular formula is C13H14ClFN2O3. The van der Waals surface area contributed by atoms with Gasteiger partial charge in [-0.05, 0) is 31.0 Å². The summed E-state index contributed by atoms with van der Waals surface area (Å²) >= 11 is 5.74. The van der Waals surface area contributed by atoms with Crippen LogP contribution in [0, 0.1) is 11.7 Å². The lowest BCUT2D eigenvalue weighted by molar-refractivity contribution is -0.143. The average Bonchev–Trinajstić information content (AvgIpc) is 2.43. The maximum Gasteiger partial charge on any atom is 0.321 e. The quantitative estimate of drug-likeness (QED) is 0.882. The van der Waals surface area contributed by atoms with Crippen LogP contribution in [0.5, 0.6) is 0 Å². The van der Waals surface area contributed by atoms with Crippen LogP contribution < -0.4 is 5.32 Å². The van der Waals surface area contributed by atoms with Gasteiger partial charge < -0.3 is 15.3 Å². The highest BCUT2D eigenvalue weighted by atomic mass is 35.5. The third-order valence-electron chi connectivity index (χ3n) is 3.23. The minimum Gasteiger partial charge on any atom is -0.481 e. The molecule has 7 heteroatoms. The lowest BCUT2D eigenvalue weighted by Gasteiger charge is -2.30. The van der Waals surface area contributed by atoms with Crippen molar-refractivity contribution in [3.63, 3.8) is 0 Å². The van der Waals surface area contributed by atoms with E-state index >= 15 is 0 Å². The van der Waals surface area contributed by atoms with Gasteiger partial charge in [-0.25, -0.2) is 9.18 Å². The molecule has 0 aromatic heterocycles. The van der Waals surface area contributed by atoms with Gasteiger partial charge in [0, 0.05) is 18.1 Å². The van der Waals surface area contributed by atoms with Crippen LogP contribution in [0.3, 0.4) is 0 Å². The number of hydrogen-bond donors (Lipinski definition) is 2. The molecule has 1 aliphatic rings. The van der Waals surface area contributed by atoms with Gasteiger partial charge in [0.25, 0.3) is 0 Å². The van der Waals surface area contributed by atoms with E-state index in [1.54, 1.807) is 0 Å². The van der Waals surface area contributed by atoms with Crippen LogP contribution in [0.15, 0.2) is 18.2 Å². The molecule has 1 aromatic rings. The van der Waals surface area contributed by atoms with E-state index in [1.807, 2.05) is 0 Å². The number of piperidine rings is 1. The van der Waals surface area contributed by atoms with Crippen molar-refractivity contribution in [2.45, 2.75) is 12.8 Å². The number of rotatable bonds is 2. The Morgan fingerprint density at radius 1 is 1.45 bits per heavy atom. The lowest BCUT2D eigenvalue weighted by Crippen LogP contribution is -2.44. The van der Waals surface area contributed by atoms with Gasteiger partial charge in [-0.3, -0.25) is 4.79 Å². The Morgan fingerprint density at radius 2 is 2.20 bits per heavy atom. The van der Waals surface area contributed by atoms with Crippen LogP contribution in [-0.2, 0) is 4.79 Å². The third kappa shape index (κ3) is 3.39. The van der Waals surface area contributed by atoms with E-state index in [4.69, 9.17) is 16.7 Å². The molecule has 1 atom stereocenters. The number of halogens is 2. The summed E-state index contributed by atoms with van der Waals surface area (Å²) in [5.41, 5.74) is -0.0139. The van der Waals surface area contributed by atoms with Crippen LogP contribution in [0.1, 0.15) is 12.8 Å². The molecule has 1 aliphatic heterocycles. The second kappa shape index (κ2) is 6.09. The highest BCUT2D eigenvalue weighted by molar-refractivity contribution is 6.30. The zero-order valence-electron chi connectivity index (χ0n) is 10.6. The molecule has 1 unspecified atom stereocenters. The first-order chi connectivity index (χ1) is 9.47. The summed E-state index contributed by atoms with van der Waals surface area (Å²) in [6.07, 6.45) is 1.16.